The van der Waals surface area contributed by atoms with Crippen LogP contribution in [0.15, 0.2) is 42.5 Å². The highest BCUT2D eigenvalue weighted by Crippen LogP contribution is 2.27. The number of carbonyl (C=O) groups excluding carboxylic acids is 1. The van der Waals surface area contributed by atoms with Crippen LogP contribution in [0.1, 0.15) is 37.8 Å². The lowest BCUT2D eigenvalue weighted by atomic mass is 10.1. The number of amides is 1. The van der Waals surface area contributed by atoms with Crippen molar-refractivity contribution in [2.45, 2.75) is 45.6 Å². The Morgan fingerprint density at radius 2 is 1.61 bits per heavy atom. The van der Waals surface area contributed by atoms with E-state index < -0.39 is 0 Å². The van der Waals surface area contributed by atoms with E-state index in [9.17, 15) is 4.79 Å². The normalized spacial score (nSPS) is 10.6. The zero-order valence-corrected chi connectivity index (χ0v) is 17.3. The van der Waals surface area contributed by atoms with Crippen LogP contribution in [0.3, 0.4) is 0 Å². The van der Waals surface area contributed by atoms with Crippen LogP contribution in [-0.4, -0.2) is 32.8 Å². The van der Waals surface area contributed by atoms with Crippen molar-refractivity contribution in [1.82, 2.24) is 5.32 Å². The fourth-order valence-electron chi connectivity index (χ4n) is 2.91. The van der Waals surface area contributed by atoms with Crippen LogP contribution in [0, 0.1) is 0 Å². The van der Waals surface area contributed by atoms with Crippen molar-refractivity contribution in [2.24, 2.45) is 0 Å². The minimum Gasteiger partial charge on any atom is -0.493 e. The molecule has 0 aliphatic heterocycles. The van der Waals surface area contributed by atoms with Crippen LogP contribution < -0.4 is 19.5 Å². The van der Waals surface area contributed by atoms with Gasteiger partial charge in [-0.2, -0.15) is 0 Å². The second kappa shape index (κ2) is 11.2. The minimum atomic E-state index is 0.0652. The number of hydrogen-bond donors (Lipinski definition) is 1. The molecule has 0 heterocycles. The number of carbonyl (C=O) groups is 1. The first-order valence-electron chi connectivity index (χ1n) is 9.75. The second-order valence-corrected chi connectivity index (χ2v) is 6.95. The number of nitrogens with one attached hydrogen (secondary N) is 1. The van der Waals surface area contributed by atoms with E-state index in [0.29, 0.717) is 30.9 Å². The molecular formula is C23H31NO4. The first-order chi connectivity index (χ1) is 13.5. The number of aryl methyl sites for hydroxylation is 2. The van der Waals surface area contributed by atoms with Crippen molar-refractivity contribution >= 4 is 5.91 Å². The van der Waals surface area contributed by atoms with Gasteiger partial charge in [0.05, 0.1) is 20.3 Å². The Hall–Kier alpha value is -2.69. The molecule has 152 valence electrons. The van der Waals surface area contributed by atoms with Crippen molar-refractivity contribution in [3.8, 4) is 17.2 Å². The van der Waals surface area contributed by atoms with Gasteiger partial charge < -0.3 is 19.5 Å². The smallest absolute Gasteiger partial charge is 0.220 e. The van der Waals surface area contributed by atoms with E-state index in [2.05, 4.69) is 17.4 Å². The summed E-state index contributed by atoms with van der Waals surface area (Å²) in [6.07, 6.45) is 3.14. The van der Waals surface area contributed by atoms with E-state index in [4.69, 9.17) is 14.2 Å². The van der Waals surface area contributed by atoms with Gasteiger partial charge in [0.25, 0.3) is 0 Å². The molecule has 0 bridgehead atoms. The van der Waals surface area contributed by atoms with Crippen molar-refractivity contribution in [2.75, 3.05) is 20.8 Å². The molecule has 0 fully saturated rings. The van der Waals surface area contributed by atoms with Crippen LogP contribution in [0.5, 0.6) is 17.2 Å². The summed E-state index contributed by atoms with van der Waals surface area (Å²) in [4.78, 5) is 12.1. The zero-order chi connectivity index (χ0) is 20.4. The van der Waals surface area contributed by atoms with E-state index >= 15 is 0 Å². The summed E-state index contributed by atoms with van der Waals surface area (Å²) >= 11 is 0. The van der Waals surface area contributed by atoms with Gasteiger partial charge in [-0.3, -0.25) is 4.79 Å². The fraction of sp³-hybridized carbons (Fsp3) is 0.435. The Morgan fingerprint density at radius 1 is 0.929 bits per heavy atom. The van der Waals surface area contributed by atoms with Crippen molar-refractivity contribution in [3.63, 3.8) is 0 Å². The molecule has 0 spiro atoms. The fourth-order valence-corrected chi connectivity index (χ4v) is 2.91. The third-order valence-corrected chi connectivity index (χ3v) is 4.35. The van der Waals surface area contributed by atoms with Gasteiger partial charge in [0.15, 0.2) is 11.5 Å². The van der Waals surface area contributed by atoms with Gasteiger partial charge in [0.1, 0.15) is 5.75 Å². The molecule has 0 saturated carbocycles. The Balaban J connectivity index is 1.67. The molecule has 2 aromatic rings. The first kappa shape index (κ1) is 21.6. The monoisotopic (exact) mass is 385 g/mol. The number of ether oxygens (including phenoxy) is 3. The second-order valence-electron chi connectivity index (χ2n) is 6.95. The molecule has 0 aromatic heterocycles. The van der Waals surface area contributed by atoms with Crippen molar-refractivity contribution < 1.29 is 19.0 Å². The topological polar surface area (TPSA) is 56.8 Å². The molecule has 0 aliphatic carbocycles. The van der Waals surface area contributed by atoms with E-state index in [0.717, 1.165) is 24.2 Å². The molecule has 2 aromatic carbocycles. The standard InChI is InChI=1S/C23H31NO4/c1-17(2)28-20-11-7-18(8-12-20)6-5-15-24-23(25)14-10-19-9-13-21(26-3)22(16-19)27-4/h7-9,11-13,16-17H,5-6,10,14-15H2,1-4H3,(H,24,25). The van der Waals surface area contributed by atoms with Crippen LogP contribution >= 0.6 is 0 Å². The van der Waals surface area contributed by atoms with Gasteiger partial charge in [0, 0.05) is 13.0 Å². The highest BCUT2D eigenvalue weighted by Gasteiger charge is 2.07. The number of rotatable bonds is 11. The Bertz CT molecular complexity index is 741. The molecule has 5 nitrogen and oxygen atoms in total. The van der Waals surface area contributed by atoms with E-state index in [1.54, 1.807) is 14.2 Å². The SMILES string of the molecule is COc1ccc(CCC(=O)NCCCc2ccc(OC(C)C)cc2)cc1OC. The molecule has 0 saturated heterocycles. The largest absolute Gasteiger partial charge is 0.493 e. The lowest BCUT2D eigenvalue weighted by Crippen LogP contribution is -2.25. The predicted molar refractivity (Wildman–Crippen MR) is 111 cm³/mol. The summed E-state index contributed by atoms with van der Waals surface area (Å²) in [5, 5.41) is 2.99. The third-order valence-electron chi connectivity index (χ3n) is 4.35. The van der Waals surface area contributed by atoms with Gasteiger partial charge in [0.2, 0.25) is 5.91 Å². The van der Waals surface area contributed by atoms with Crippen LogP contribution in [0.25, 0.3) is 0 Å². The van der Waals surface area contributed by atoms with Crippen LogP contribution in [0.2, 0.25) is 0 Å². The molecule has 1 amide bonds. The van der Waals surface area contributed by atoms with Gasteiger partial charge in [-0.25, -0.2) is 0 Å². The maximum atomic E-state index is 12.1. The Morgan fingerprint density at radius 3 is 2.25 bits per heavy atom. The molecular weight excluding hydrogens is 354 g/mol. The average Bonchev–Trinajstić information content (AvgIpc) is 2.70. The lowest BCUT2D eigenvalue weighted by Gasteiger charge is -2.10. The summed E-state index contributed by atoms with van der Waals surface area (Å²) in [7, 11) is 3.22. The maximum absolute atomic E-state index is 12.1. The highest BCUT2D eigenvalue weighted by atomic mass is 16.5. The van der Waals surface area contributed by atoms with E-state index in [-0.39, 0.29) is 12.0 Å². The first-order valence-corrected chi connectivity index (χ1v) is 9.75. The summed E-state index contributed by atoms with van der Waals surface area (Å²) in [6.45, 7) is 4.71. The summed E-state index contributed by atoms with van der Waals surface area (Å²) < 4.78 is 16.2. The molecule has 2 rings (SSSR count). The van der Waals surface area contributed by atoms with Gasteiger partial charge in [-0.15, -0.1) is 0 Å². The molecule has 1 N–H and O–H groups in total. The number of methoxy groups -OCH3 is 2. The average molecular weight is 386 g/mol. The Labute approximate surface area is 168 Å². The molecule has 0 unspecified atom stereocenters. The highest BCUT2D eigenvalue weighted by molar-refractivity contribution is 5.76. The predicted octanol–water partition coefficient (Wildman–Crippen LogP) is 4.17. The molecule has 0 aliphatic rings. The number of hydrogen-bond acceptors (Lipinski definition) is 4. The van der Waals surface area contributed by atoms with E-state index in [1.165, 1.54) is 5.56 Å². The summed E-state index contributed by atoms with van der Waals surface area (Å²) in [5.41, 5.74) is 2.30. The quantitative estimate of drug-likeness (QED) is 0.590. The van der Waals surface area contributed by atoms with Crippen molar-refractivity contribution in [3.05, 3.63) is 53.6 Å². The van der Waals surface area contributed by atoms with Gasteiger partial charge in [-0.1, -0.05) is 18.2 Å². The van der Waals surface area contributed by atoms with Crippen LogP contribution in [-0.2, 0) is 17.6 Å². The van der Waals surface area contributed by atoms with Gasteiger partial charge in [-0.05, 0) is 68.5 Å². The third kappa shape index (κ3) is 7.14. The zero-order valence-electron chi connectivity index (χ0n) is 17.3. The van der Waals surface area contributed by atoms with E-state index in [1.807, 2.05) is 44.2 Å². The molecule has 28 heavy (non-hydrogen) atoms. The van der Waals surface area contributed by atoms with Crippen molar-refractivity contribution in [1.29, 1.82) is 0 Å². The van der Waals surface area contributed by atoms with Gasteiger partial charge >= 0.3 is 0 Å². The molecule has 0 atom stereocenters. The van der Waals surface area contributed by atoms with Crippen LogP contribution in [0.4, 0.5) is 0 Å². The lowest BCUT2D eigenvalue weighted by molar-refractivity contribution is -0.121. The maximum Gasteiger partial charge on any atom is 0.220 e. The summed E-state index contributed by atoms with van der Waals surface area (Å²) in [5.74, 6) is 2.34. The molecule has 5 heteroatoms. The summed E-state index contributed by atoms with van der Waals surface area (Å²) in [6, 6.07) is 13.9. The molecule has 0 radical (unpaired) electrons. The number of benzene rings is 2. The minimum absolute atomic E-state index is 0.0652. The Kier molecular flexibility index (Phi) is 8.66.